The van der Waals surface area contributed by atoms with Crippen molar-refractivity contribution in [1.29, 1.82) is 0 Å². The van der Waals surface area contributed by atoms with Gasteiger partial charge < -0.3 is 20.4 Å². The first-order chi connectivity index (χ1) is 14.5. The molecule has 0 aromatic heterocycles. The maximum absolute atomic E-state index is 11.0. The Morgan fingerprint density at radius 2 is 1.52 bits per heavy atom. The smallest absolute Gasteiger partial charge is 0.0827 e. The fourth-order valence-electron chi connectivity index (χ4n) is 9.39. The topological polar surface area (TPSA) is 80.9 Å². The van der Waals surface area contributed by atoms with Gasteiger partial charge in [-0.2, -0.15) is 0 Å². The molecule has 4 aliphatic rings. The van der Waals surface area contributed by atoms with Crippen LogP contribution in [0.4, 0.5) is 0 Å². The van der Waals surface area contributed by atoms with E-state index in [-0.39, 0.29) is 16.7 Å². The summed E-state index contributed by atoms with van der Waals surface area (Å²) in [6.45, 7) is 11.3. The van der Waals surface area contributed by atoms with E-state index in [1.165, 1.54) is 38.5 Å². The number of aliphatic hydroxyl groups excluding tert-OH is 4. The number of hydrogen-bond acceptors (Lipinski definition) is 4. The molecule has 0 saturated heterocycles. The Kier molecular flexibility index (Phi) is 6.62. The van der Waals surface area contributed by atoms with Gasteiger partial charge in [0.2, 0.25) is 0 Å². The first-order valence-corrected chi connectivity index (χ1v) is 13.2. The molecule has 4 saturated carbocycles. The minimum absolute atomic E-state index is 0.124. The molecule has 0 amide bonds. The maximum atomic E-state index is 11.0. The third-order valence-electron chi connectivity index (χ3n) is 11.0. The van der Waals surface area contributed by atoms with Crippen LogP contribution in [0.15, 0.2) is 0 Å². The van der Waals surface area contributed by atoms with Gasteiger partial charge in [0.25, 0.3) is 0 Å². The van der Waals surface area contributed by atoms with Crippen LogP contribution in [0.3, 0.4) is 0 Å². The molecule has 180 valence electrons. The van der Waals surface area contributed by atoms with Gasteiger partial charge in [-0.15, -0.1) is 0 Å². The van der Waals surface area contributed by atoms with E-state index < -0.39 is 24.4 Å². The van der Waals surface area contributed by atoms with Gasteiger partial charge in [0.05, 0.1) is 24.4 Å². The lowest BCUT2D eigenvalue weighted by molar-refractivity contribution is -0.163. The van der Waals surface area contributed by atoms with Gasteiger partial charge in [-0.1, -0.05) is 34.6 Å². The molecule has 0 spiro atoms. The largest absolute Gasteiger partial charge is 0.390 e. The molecule has 4 heteroatoms. The zero-order chi connectivity index (χ0) is 22.7. The highest BCUT2D eigenvalue weighted by Crippen LogP contribution is 2.68. The van der Waals surface area contributed by atoms with Crippen molar-refractivity contribution < 1.29 is 20.4 Å². The predicted octanol–water partition coefficient (Wildman–Crippen LogP) is 4.38. The number of fused-ring (bicyclic) bond motifs is 5. The summed E-state index contributed by atoms with van der Waals surface area (Å²) in [4.78, 5) is 0. The first kappa shape index (κ1) is 24.0. The van der Waals surface area contributed by atoms with Crippen LogP contribution in [0.5, 0.6) is 0 Å². The Morgan fingerprint density at radius 1 is 0.839 bits per heavy atom. The van der Waals surface area contributed by atoms with Crippen LogP contribution >= 0.6 is 0 Å². The molecule has 4 aliphatic carbocycles. The van der Waals surface area contributed by atoms with E-state index >= 15 is 0 Å². The van der Waals surface area contributed by atoms with Crippen LogP contribution in [-0.4, -0.2) is 44.8 Å². The molecule has 12 atom stereocenters. The summed E-state index contributed by atoms with van der Waals surface area (Å²) >= 11 is 0. The molecule has 0 aliphatic heterocycles. The Balaban J connectivity index is 1.51. The lowest BCUT2D eigenvalue weighted by Gasteiger charge is -2.61. The van der Waals surface area contributed by atoms with E-state index in [1.54, 1.807) is 0 Å². The molecule has 0 bridgehead atoms. The van der Waals surface area contributed by atoms with E-state index in [9.17, 15) is 20.4 Å². The molecule has 12 unspecified atom stereocenters. The number of hydrogen-bond donors (Lipinski definition) is 4. The highest BCUT2D eigenvalue weighted by molar-refractivity contribution is 5.11. The second-order valence-corrected chi connectivity index (χ2v) is 13.0. The SMILES string of the molecule is CC(C)CC(O)C(O)C(C)C1CCC2C3CCC4CC(O)C(O)CC4(C)C3CCC12C. The van der Waals surface area contributed by atoms with Crippen LogP contribution in [0, 0.1) is 52.3 Å². The summed E-state index contributed by atoms with van der Waals surface area (Å²) in [7, 11) is 0. The third kappa shape index (κ3) is 3.92. The fourth-order valence-corrected chi connectivity index (χ4v) is 9.39. The summed E-state index contributed by atoms with van der Waals surface area (Å²) in [5, 5.41) is 42.4. The second kappa shape index (κ2) is 8.56. The lowest BCUT2D eigenvalue weighted by atomic mass is 9.44. The van der Waals surface area contributed by atoms with E-state index in [4.69, 9.17) is 0 Å². The monoisotopic (exact) mass is 436 g/mol. The zero-order valence-electron chi connectivity index (χ0n) is 20.5. The van der Waals surface area contributed by atoms with Crippen molar-refractivity contribution >= 4 is 0 Å². The average molecular weight is 437 g/mol. The molecule has 31 heavy (non-hydrogen) atoms. The van der Waals surface area contributed by atoms with Gasteiger partial charge in [-0.3, -0.25) is 0 Å². The average Bonchev–Trinajstić information content (AvgIpc) is 3.04. The van der Waals surface area contributed by atoms with E-state index in [0.717, 1.165) is 12.8 Å². The summed E-state index contributed by atoms with van der Waals surface area (Å²) in [6, 6.07) is 0. The molecule has 4 nitrogen and oxygen atoms in total. The van der Waals surface area contributed by atoms with Crippen molar-refractivity contribution in [2.75, 3.05) is 0 Å². The standard InChI is InChI=1S/C27H48O4/c1-15(2)12-23(29)25(31)16(3)19-8-9-20-18-7-6-17-13-22(28)24(30)14-27(17,5)21(18)10-11-26(19,20)4/h15-25,28-31H,6-14H2,1-5H3. The normalized spacial score (nSPS) is 50.3. The molecule has 4 rings (SSSR count). The first-order valence-electron chi connectivity index (χ1n) is 13.2. The van der Waals surface area contributed by atoms with Gasteiger partial charge in [0.15, 0.2) is 0 Å². The van der Waals surface area contributed by atoms with Gasteiger partial charge in [-0.25, -0.2) is 0 Å². The Labute approximate surface area is 189 Å². The highest BCUT2D eigenvalue weighted by Gasteiger charge is 2.61. The van der Waals surface area contributed by atoms with Gasteiger partial charge in [-0.05, 0) is 110 Å². The summed E-state index contributed by atoms with van der Waals surface area (Å²) in [5.74, 6) is 3.57. The Hall–Kier alpha value is -0.160. The molecule has 0 aromatic carbocycles. The third-order valence-corrected chi connectivity index (χ3v) is 11.0. The van der Waals surface area contributed by atoms with Crippen molar-refractivity contribution in [3.8, 4) is 0 Å². The van der Waals surface area contributed by atoms with Crippen molar-refractivity contribution in [1.82, 2.24) is 0 Å². The van der Waals surface area contributed by atoms with Gasteiger partial charge in [0.1, 0.15) is 0 Å². The minimum atomic E-state index is -0.635. The van der Waals surface area contributed by atoms with Crippen LogP contribution < -0.4 is 0 Å². The van der Waals surface area contributed by atoms with Gasteiger partial charge >= 0.3 is 0 Å². The summed E-state index contributed by atoms with van der Waals surface area (Å²) in [5.41, 5.74) is 0.397. The number of rotatable bonds is 5. The minimum Gasteiger partial charge on any atom is -0.390 e. The van der Waals surface area contributed by atoms with Crippen LogP contribution in [0.25, 0.3) is 0 Å². The summed E-state index contributed by atoms with van der Waals surface area (Å²) < 4.78 is 0. The van der Waals surface area contributed by atoms with E-state index in [0.29, 0.717) is 41.9 Å². The number of aliphatic hydroxyl groups is 4. The second-order valence-electron chi connectivity index (χ2n) is 13.0. The maximum Gasteiger partial charge on any atom is 0.0827 e. The molecule has 0 radical (unpaired) electrons. The van der Waals surface area contributed by atoms with Crippen LogP contribution in [-0.2, 0) is 0 Å². The molecule has 0 aromatic rings. The van der Waals surface area contributed by atoms with Crippen molar-refractivity contribution in [3.05, 3.63) is 0 Å². The van der Waals surface area contributed by atoms with E-state index in [1.807, 2.05) is 0 Å². The van der Waals surface area contributed by atoms with E-state index in [2.05, 4.69) is 34.6 Å². The molecular weight excluding hydrogens is 388 g/mol. The van der Waals surface area contributed by atoms with Crippen molar-refractivity contribution in [2.24, 2.45) is 52.3 Å². The molecule has 0 heterocycles. The fraction of sp³-hybridized carbons (Fsp3) is 1.00. The van der Waals surface area contributed by atoms with Crippen molar-refractivity contribution in [3.63, 3.8) is 0 Å². The van der Waals surface area contributed by atoms with Crippen LogP contribution in [0.1, 0.15) is 92.4 Å². The van der Waals surface area contributed by atoms with Crippen molar-refractivity contribution in [2.45, 2.75) is 117 Å². The molecular formula is C27H48O4. The quantitative estimate of drug-likeness (QED) is 0.515. The molecule has 4 N–H and O–H groups in total. The zero-order valence-corrected chi connectivity index (χ0v) is 20.5. The highest BCUT2D eigenvalue weighted by atomic mass is 16.3. The van der Waals surface area contributed by atoms with Crippen LogP contribution in [0.2, 0.25) is 0 Å². The Bertz CT molecular complexity index is 637. The molecule has 4 fully saturated rings. The Morgan fingerprint density at radius 3 is 2.19 bits per heavy atom. The lowest BCUT2D eigenvalue weighted by Crippen LogP contribution is -2.57. The summed E-state index contributed by atoms with van der Waals surface area (Å²) in [6.07, 6.45) is 7.07. The van der Waals surface area contributed by atoms with Gasteiger partial charge in [0, 0.05) is 0 Å². The predicted molar refractivity (Wildman–Crippen MR) is 123 cm³/mol.